The van der Waals surface area contributed by atoms with Gasteiger partial charge in [-0.05, 0) is 42.0 Å². The van der Waals surface area contributed by atoms with Crippen molar-refractivity contribution in [2.24, 2.45) is 0 Å². The molecule has 0 amide bonds. The molecule has 20 heavy (non-hydrogen) atoms. The van der Waals surface area contributed by atoms with Gasteiger partial charge in [-0.1, -0.05) is 30.3 Å². The van der Waals surface area contributed by atoms with Crippen molar-refractivity contribution in [1.82, 2.24) is 5.43 Å². The number of carbonyl (C=O) groups excluding carboxylic acids is 1. The SMILES string of the molecule is O=C([O-])c1ccc(NNC(=S)Nc2ccccc2)cc1. The van der Waals surface area contributed by atoms with E-state index in [1.54, 1.807) is 12.1 Å². The molecular formula is C14H12N3O2S-. The number of benzene rings is 2. The normalized spacial score (nSPS) is 9.60. The minimum absolute atomic E-state index is 0.125. The van der Waals surface area contributed by atoms with Crippen LogP contribution in [0.2, 0.25) is 0 Å². The van der Waals surface area contributed by atoms with Crippen LogP contribution in [0.25, 0.3) is 0 Å². The molecular weight excluding hydrogens is 274 g/mol. The maximum atomic E-state index is 10.6. The van der Waals surface area contributed by atoms with Crippen LogP contribution in [0, 0.1) is 0 Å². The molecule has 0 aliphatic heterocycles. The van der Waals surface area contributed by atoms with Crippen molar-refractivity contribution >= 4 is 34.7 Å². The van der Waals surface area contributed by atoms with E-state index in [-0.39, 0.29) is 5.56 Å². The molecule has 0 aromatic heterocycles. The Morgan fingerprint density at radius 2 is 1.60 bits per heavy atom. The van der Waals surface area contributed by atoms with Gasteiger partial charge in [0.15, 0.2) is 5.11 Å². The fourth-order valence-electron chi connectivity index (χ4n) is 1.50. The maximum absolute atomic E-state index is 10.6. The van der Waals surface area contributed by atoms with Gasteiger partial charge in [0.1, 0.15) is 0 Å². The molecule has 0 bridgehead atoms. The lowest BCUT2D eigenvalue weighted by Crippen LogP contribution is -2.33. The summed E-state index contributed by atoms with van der Waals surface area (Å²) in [6.07, 6.45) is 0. The molecule has 0 aliphatic carbocycles. The van der Waals surface area contributed by atoms with Gasteiger partial charge in [0.2, 0.25) is 0 Å². The maximum Gasteiger partial charge on any atom is 0.189 e. The summed E-state index contributed by atoms with van der Waals surface area (Å²) in [6.45, 7) is 0. The largest absolute Gasteiger partial charge is 0.545 e. The summed E-state index contributed by atoms with van der Waals surface area (Å²) in [6, 6.07) is 15.6. The van der Waals surface area contributed by atoms with Crippen LogP contribution in [-0.4, -0.2) is 11.1 Å². The summed E-state index contributed by atoms with van der Waals surface area (Å²) in [5, 5.41) is 14.0. The van der Waals surface area contributed by atoms with E-state index in [2.05, 4.69) is 16.2 Å². The molecule has 0 atom stereocenters. The van der Waals surface area contributed by atoms with E-state index in [0.29, 0.717) is 10.8 Å². The molecule has 2 aromatic carbocycles. The van der Waals surface area contributed by atoms with Crippen LogP contribution in [0.15, 0.2) is 54.6 Å². The molecule has 0 aliphatic rings. The van der Waals surface area contributed by atoms with E-state index >= 15 is 0 Å². The van der Waals surface area contributed by atoms with E-state index < -0.39 is 5.97 Å². The molecule has 6 heteroatoms. The van der Waals surface area contributed by atoms with Crippen molar-refractivity contribution in [3.8, 4) is 0 Å². The first-order valence-electron chi connectivity index (χ1n) is 5.84. The molecule has 3 N–H and O–H groups in total. The summed E-state index contributed by atoms with van der Waals surface area (Å²) in [7, 11) is 0. The van der Waals surface area contributed by atoms with Crippen LogP contribution in [-0.2, 0) is 0 Å². The fraction of sp³-hybridized carbons (Fsp3) is 0. The Bertz CT molecular complexity index is 600. The average Bonchev–Trinajstić information content (AvgIpc) is 2.46. The fourth-order valence-corrected chi connectivity index (χ4v) is 1.67. The Morgan fingerprint density at radius 1 is 0.950 bits per heavy atom. The summed E-state index contributed by atoms with van der Waals surface area (Å²) in [5.74, 6) is -1.20. The number of aromatic carboxylic acids is 1. The lowest BCUT2D eigenvalue weighted by atomic mass is 10.2. The van der Waals surface area contributed by atoms with E-state index in [4.69, 9.17) is 12.2 Å². The van der Waals surface area contributed by atoms with E-state index in [1.165, 1.54) is 12.1 Å². The van der Waals surface area contributed by atoms with Gasteiger partial charge in [-0.3, -0.25) is 10.9 Å². The average molecular weight is 286 g/mol. The van der Waals surface area contributed by atoms with Crippen molar-refractivity contribution in [2.45, 2.75) is 0 Å². The second-order valence-corrected chi connectivity index (χ2v) is 4.34. The van der Waals surface area contributed by atoms with Crippen LogP contribution >= 0.6 is 12.2 Å². The number of anilines is 2. The zero-order valence-electron chi connectivity index (χ0n) is 10.4. The lowest BCUT2D eigenvalue weighted by molar-refractivity contribution is -0.255. The predicted molar refractivity (Wildman–Crippen MR) is 80.2 cm³/mol. The van der Waals surface area contributed by atoms with Crippen molar-refractivity contribution in [1.29, 1.82) is 0 Å². The third-order valence-corrected chi connectivity index (χ3v) is 2.68. The quantitative estimate of drug-likeness (QED) is 0.582. The molecule has 0 fully saturated rings. The summed E-state index contributed by atoms with van der Waals surface area (Å²) in [5.41, 5.74) is 7.35. The Hall–Kier alpha value is -2.60. The number of carbonyl (C=O) groups is 1. The zero-order valence-corrected chi connectivity index (χ0v) is 11.2. The Kier molecular flexibility index (Phi) is 4.52. The number of hydrogen-bond acceptors (Lipinski definition) is 4. The monoisotopic (exact) mass is 286 g/mol. The minimum Gasteiger partial charge on any atom is -0.545 e. The summed E-state index contributed by atoms with van der Waals surface area (Å²) < 4.78 is 0. The number of carboxylic acid groups (broad SMARTS) is 1. The highest BCUT2D eigenvalue weighted by Gasteiger charge is 1.97. The van der Waals surface area contributed by atoms with Gasteiger partial charge in [-0.25, -0.2) is 0 Å². The van der Waals surface area contributed by atoms with Gasteiger partial charge < -0.3 is 15.2 Å². The molecule has 2 aromatic rings. The zero-order chi connectivity index (χ0) is 14.4. The third kappa shape index (κ3) is 3.96. The highest BCUT2D eigenvalue weighted by Crippen LogP contribution is 2.08. The number of carboxylic acids is 1. The predicted octanol–water partition coefficient (Wildman–Crippen LogP) is 1.36. The molecule has 2 rings (SSSR count). The highest BCUT2D eigenvalue weighted by atomic mass is 32.1. The molecule has 0 heterocycles. The van der Waals surface area contributed by atoms with E-state index in [0.717, 1.165) is 5.69 Å². The van der Waals surface area contributed by atoms with Gasteiger partial charge in [0, 0.05) is 5.69 Å². The molecule has 102 valence electrons. The van der Waals surface area contributed by atoms with Gasteiger partial charge in [0.25, 0.3) is 0 Å². The highest BCUT2D eigenvalue weighted by molar-refractivity contribution is 7.80. The number of para-hydroxylation sites is 1. The Balaban J connectivity index is 1.85. The van der Waals surface area contributed by atoms with Gasteiger partial charge in [0.05, 0.1) is 11.7 Å². The number of hydrogen-bond donors (Lipinski definition) is 3. The van der Waals surface area contributed by atoms with Crippen LogP contribution in [0.5, 0.6) is 0 Å². The topological polar surface area (TPSA) is 76.2 Å². The van der Waals surface area contributed by atoms with Crippen LogP contribution in [0.3, 0.4) is 0 Å². The van der Waals surface area contributed by atoms with Gasteiger partial charge >= 0.3 is 0 Å². The molecule has 0 saturated carbocycles. The van der Waals surface area contributed by atoms with E-state index in [9.17, 15) is 9.90 Å². The van der Waals surface area contributed by atoms with Crippen molar-refractivity contribution in [2.75, 3.05) is 10.7 Å². The lowest BCUT2D eigenvalue weighted by Gasteiger charge is -2.13. The smallest absolute Gasteiger partial charge is 0.189 e. The van der Waals surface area contributed by atoms with Gasteiger partial charge in [-0.2, -0.15) is 0 Å². The van der Waals surface area contributed by atoms with Crippen molar-refractivity contribution < 1.29 is 9.90 Å². The first-order valence-corrected chi connectivity index (χ1v) is 6.25. The summed E-state index contributed by atoms with van der Waals surface area (Å²) in [4.78, 5) is 10.6. The van der Waals surface area contributed by atoms with Crippen LogP contribution < -0.4 is 21.3 Å². The first kappa shape index (κ1) is 13.8. The minimum atomic E-state index is -1.20. The third-order valence-electron chi connectivity index (χ3n) is 2.47. The Morgan fingerprint density at radius 3 is 2.20 bits per heavy atom. The van der Waals surface area contributed by atoms with Gasteiger partial charge in [-0.15, -0.1) is 0 Å². The van der Waals surface area contributed by atoms with Crippen molar-refractivity contribution in [3.05, 3.63) is 60.2 Å². The first-order chi connectivity index (χ1) is 9.65. The van der Waals surface area contributed by atoms with Crippen LogP contribution in [0.1, 0.15) is 10.4 Å². The molecule has 0 saturated heterocycles. The molecule has 0 spiro atoms. The van der Waals surface area contributed by atoms with E-state index in [1.807, 2.05) is 30.3 Å². The molecule has 0 radical (unpaired) electrons. The van der Waals surface area contributed by atoms with Crippen molar-refractivity contribution in [3.63, 3.8) is 0 Å². The Labute approximate surface area is 121 Å². The number of rotatable bonds is 4. The molecule has 0 unspecified atom stereocenters. The second kappa shape index (κ2) is 6.53. The van der Waals surface area contributed by atoms with Crippen LogP contribution in [0.4, 0.5) is 11.4 Å². The standard InChI is InChI=1S/C14H13N3O2S/c18-13(19)10-6-8-12(9-7-10)16-17-14(20)15-11-4-2-1-3-5-11/h1-9,16H,(H,18,19)(H2,15,17,20)/p-1. The second-order valence-electron chi connectivity index (χ2n) is 3.93. The molecule has 5 nitrogen and oxygen atoms in total. The number of thiocarbonyl (C=S) groups is 1. The number of hydrazine groups is 1. The summed E-state index contributed by atoms with van der Waals surface area (Å²) >= 11 is 5.11. The number of nitrogens with one attached hydrogen (secondary N) is 3.